The van der Waals surface area contributed by atoms with Gasteiger partial charge in [0.05, 0.1) is 12.1 Å². The van der Waals surface area contributed by atoms with Crippen molar-refractivity contribution in [2.75, 3.05) is 27.3 Å². The molecule has 0 atom stereocenters. The molecule has 0 aromatic carbocycles. The van der Waals surface area contributed by atoms with Crippen molar-refractivity contribution in [1.29, 1.82) is 0 Å². The van der Waals surface area contributed by atoms with Gasteiger partial charge in [0.2, 0.25) is 0 Å². The second-order valence-electron chi connectivity index (χ2n) is 6.96. The fraction of sp³-hybridized carbons (Fsp3) is 0.800. The Bertz CT molecular complexity index is 517. The predicted molar refractivity (Wildman–Crippen MR) is 86.0 cm³/mol. The Kier molecular flexibility index (Phi) is 2.99. The van der Waals surface area contributed by atoms with E-state index in [1.165, 1.54) is 37.9 Å². The first-order chi connectivity index (χ1) is 9.58. The lowest BCUT2D eigenvalue weighted by Gasteiger charge is -2.74. The monoisotopic (exact) mass is 387 g/mol. The van der Waals surface area contributed by atoms with E-state index in [1.807, 2.05) is 0 Å². The lowest BCUT2D eigenvalue weighted by atomic mass is 9.43. The molecule has 0 aliphatic heterocycles. The van der Waals surface area contributed by atoms with Gasteiger partial charge >= 0.3 is 0 Å². The molecule has 1 heterocycles. The molecule has 0 N–H and O–H groups in total. The molecule has 0 unspecified atom stereocenters. The van der Waals surface area contributed by atoms with Gasteiger partial charge in [-0.1, -0.05) is 0 Å². The normalized spacial score (nSPS) is 35.0. The summed E-state index contributed by atoms with van der Waals surface area (Å²) in [5.74, 6) is 2.11. The summed E-state index contributed by atoms with van der Waals surface area (Å²) >= 11 is 2.36. The second-order valence-corrected chi connectivity index (χ2v) is 8.06. The summed E-state index contributed by atoms with van der Waals surface area (Å²) in [5.41, 5.74) is 0.852. The first-order valence-corrected chi connectivity index (χ1v) is 8.62. The van der Waals surface area contributed by atoms with Crippen LogP contribution in [0.5, 0.6) is 0 Å². The Hall–Kier alpha value is -0.140. The molecular formula is C15H22IN3O. The molecule has 4 nitrogen and oxygen atoms in total. The maximum Gasteiger partial charge on any atom is 0.119 e. The molecular weight excluding hydrogens is 365 g/mol. The molecule has 4 aliphatic carbocycles. The van der Waals surface area contributed by atoms with Gasteiger partial charge in [0.25, 0.3) is 0 Å². The lowest BCUT2D eigenvalue weighted by molar-refractivity contribution is -0.201. The third kappa shape index (κ3) is 1.82. The van der Waals surface area contributed by atoms with Gasteiger partial charge in [0.1, 0.15) is 9.53 Å². The minimum atomic E-state index is 0.398. The van der Waals surface area contributed by atoms with Crippen LogP contribution in [0.15, 0.2) is 6.20 Å². The lowest BCUT2D eigenvalue weighted by Crippen LogP contribution is -2.78. The van der Waals surface area contributed by atoms with E-state index < -0.39 is 0 Å². The molecule has 1 aromatic rings. The summed E-state index contributed by atoms with van der Waals surface area (Å²) in [6.45, 7) is 1.88. The Morgan fingerprint density at radius 1 is 1.45 bits per heavy atom. The van der Waals surface area contributed by atoms with Crippen LogP contribution in [-0.2, 0) is 10.3 Å². The number of likely N-dealkylation sites (N-methyl/N-ethyl adjacent to an activating group) is 1. The van der Waals surface area contributed by atoms with Crippen LogP contribution in [0, 0.1) is 3.70 Å². The summed E-state index contributed by atoms with van der Waals surface area (Å²) in [7, 11) is 4.04. The maximum atomic E-state index is 5.21. The van der Waals surface area contributed by atoms with Crippen molar-refractivity contribution in [3.8, 4) is 0 Å². The van der Waals surface area contributed by atoms with Gasteiger partial charge in [-0.2, -0.15) is 0 Å². The molecule has 0 saturated heterocycles. The molecule has 20 heavy (non-hydrogen) atoms. The number of nitrogens with zero attached hydrogens (tertiary/aromatic N) is 3. The third-order valence-corrected chi connectivity index (χ3v) is 6.09. The number of halogens is 1. The first-order valence-electron chi connectivity index (χ1n) is 7.54. The van der Waals surface area contributed by atoms with E-state index in [1.54, 1.807) is 7.11 Å². The molecule has 0 radical (unpaired) electrons. The Morgan fingerprint density at radius 3 is 2.75 bits per heavy atom. The largest absolute Gasteiger partial charge is 0.383 e. The van der Waals surface area contributed by atoms with Gasteiger partial charge in [0.15, 0.2) is 0 Å². The highest BCUT2D eigenvalue weighted by molar-refractivity contribution is 14.1. The zero-order valence-electron chi connectivity index (χ0n) is 12.2. The first kappa shape index (κ1) is 13.5. The van der Waals surface area contributed by atoms with Crippen LogP contribution in [0.4, 0.5) is 0 Å². The Morgan fingerprint density at radius 2 is 2.15 bits per heavy atom. The molecule has 0 spiro atoms. The van der Waals surface area contributed by atoms with Crippen molar-refractivity contribution in [2.45, 2.75) is 49.1 Å². The van der Waals surface area contributed by atoms with Gasteiger partial charge in [0, 0.05) is 31.3 Å². The van der Waals surface area contributed by atoms with Crippen molar-refractivity contribution in [1.82, 2.24) is 14.5 Å². The third-order valence-electron chi connectivity index (χ3n) is 5.57. The number of hydrogen-bond donors (Lipinski definition) is 0. The summed E-state index contributed by atoms with van der Waals surface area (Å²) in [4.78, 5) is 7.29. The van der Waals surface area contributed by atoms with Crippen molar-refractivity contribution >= 4 is 22.6 Å². The summed E-state index contributed by atoms with van der Waals surface area (Å²) in [5, 5.41) is 0. The number of imidazole rings is 1. The van der Waals surface area contributed by atoms with Crippen LogP contribution in [0.1, 0.15) is 43.8 Å². The molecule has 4 fully saturated rings. The standard InChI is InChI=1S/C15H22IN3O/c1-18(5-6-20-2)14-8-15(9-14,10-14)19-7-12(16)17-13(19)11-3-4-11/h7,11H,3-6,8-10H2,1-2H3. The van der Waals surface area contributed by atoms with E-state index in [2.05, 4.69) is 45.3 Å². The van der Waals surface area contributed by atoms with Gasteiger partial charge in [-0.3, -0.25) is 4.90 Å². The zero-order valence-corrected chi connectivity index (χ0v) is 14.4. The fourth-order valence-corrected chi connectivity index (χ4v) is 4.71. The van der Waals surface area contributed by atoms with Crippen LogP contribution in [0.2, 0.25) is 0 Å². The smallest absolute Gasteiger partial charge is 0.119 e. The van der Waals surface area contributed by atoms with Crippen molar-refractivity contribution in [3.05, 3.63) is 15.7 Å². The highest BCUT2D eigenvalue weighted by atomic mass is 127. The number of rotatable bonds is 6. The van der Waals surface area contributed by atoms with E-state index in [0.717, 1.165) is 22.8 Å². The fourth-order valence-electron chi connectivity index (χ4n) is 4.18. The number of methoxy groups -OCH3 is 1. The molecule has 4 saturated carbocycles. The van der Waals surface area contributed by atoms with Gasteiger partial charge < -0.3 is 9.30 Å². The molecule has 4 aliphatic rings. The zero-order chi connectivity index (χ0) is 14.0. The quantitative estimate of drug-likeness (QED) is 0.703. The highest BCUT2D eigenvalue weighted by Crippen LogP contribution is 2.68. The van der Waals surface area contributed by atoms with E-state index in [-0.39, 0.29) is 0 Å². The van der Waals surface area contributed by atoms with Crippen molar-refractivity contribution < 1.29 is 4.74 Å². The molecule has 1 aromatic heterocycles. The van der Waals surface area contributed by atoms with E-state index in [0.29, 0.717) is 11.1 Å². The number of hydrogen-bond acceptors (Lipinski definition) is 3. The Labute approximate surface area is 134 Å². The van der Waals surface area contributed by atoms with Crippen LogP contribution < -0.4 is 0 Å². The minimum Gasteiger partial charge on any atom is -0.383 e. The molecule has 5 rings (SSSR count). The van der Waals surface area contributed by atoms with E-state index >= 15 is 0 Å². The van der Waals surface area contributed by atoms with E-state index in [9.17, 15) is 0 Å². The minimum absolute atomic E-state index is 0.398. The molecule has 110 valence electrons. The van der Waals surface area contributed by atoms with Crippen LogP contribution in [0.3, 0.4) is 0 Å². The van der Waals surface area contributed by atoms with Crippen molar-refractivity contribution in [2.24, 2.45) is 0 Å². The summed E-state index contributed by atoms with van der Waals surface area (Å²) in [6.07, 6.45) is 8.85. The SMILES string of the molecule is COCCN(C)C12CC(n3cc(I)nc3C3CC3)(C1)C2. The topological polar surface area (TPSA) is 30.3 Å². The number of ether oxygens (including phenoxy) is 1. The second kappa shape index (κ2) is 4.43. The molecule has 2 bridgehead atoms. The van der Waals surface area contributed by atoms with Crippen LogP contribution >= 0.6 is 22.6 Å². The van der Waals surface area contributed by atoms with Crippen molar-refractivity contribution in [3.63, 3.8) is 0 Å². The maximum absolute atomic E-state index is 5.21. The molecule has 5 heteroatoms. The number of aromatic nitrogens is 2. The van der Waals surface area contributed by atoms with Gasteiger partial charge in [-0.25, -0.2) is 4.98 Å². The van der Waals surface area contributed by atoms with Crippen LogP contribution in [0.25, 0.3) is 0 Å². The Balaban J connectivity index is 1.49. The summed E-state index contributed by atoms with van der Waals surface area (Å²) in [6, 6.07) is 0. The molecule has 0 amide bonds. The average molecular weight is 387 g/mol. The highest BCUT2D eigenvalue weighted by Gasteiger charge is 2.71. The van der Waals surface area contributed by atoms with Crippen LogP contribution in [-0.4, -0.2) is 47.3 Å². The average Bonchev–Trinajstić information content (AvgIpc) is 3.08. The van der Waals surface area contributed by atoms with Gasteiger partial charge in [-0.05, 0) is 61.7 Å². The van der Waals surface area contributed by atoms with Gasteiger partial charge in [-0.15, -0.1) is 0 Å². The van der Waals surface area contributed by atoms with E-state index in [4.69, 9.17) is 9.72 Å². The summed E-state index contributed by atoms with van der Waals surface area (Å²) < 4.78 is 8.91. The predicted octanol–water partition coefficient (Wildman–Crippen LogP) is 2.57.